The topological polar surface area (TPSA) is 19.0 Å². The van der Waals surface area contributed by atoms with Crippen molar-refractivity contribution in [2.45, 2.75) is 0 Å². The third-order valence-corrected chi connectivity index (χ3v) is 13.4. The van der Waals surface area contributed by atoms with E-state index in [-0.39, 0.29) is 13.4 Å². The lowest BCUT2D eigenvalue weighted by atomic mass is 9.30. The molecule has 0 amide bonds. The lowest BCUT2D eigenvalue weighted by Crippen LogP contribution is -2.64. The van der Waals surface area contributed by atoms with Gasteiger partial charge in [0.1, 0.15) is 5.75 Å². The van der Waals surface area contributed by atoms with Crippen LogP contribution in [0, 0.1) is 0 Å². The number of para-hydroxylation sites is 4. The molecule has 0 saturated heterocycles. The van der Waals surface area contributed by atoms with Gasteiger partial charge in [-0.1, -0.05) is 121 Å². The molecular formula is C50H31B2N3OS. The van der Waals surface area contributed by atoms with E-state index in [4.69, 9.17) is 4.74 Å². The summed E-state index contributed by atoms with van der Waals surface area (Å²) in [5, 5.41) is 2.25. The molecule has 4 aliphatic heterocycles. The minimum Gasteiger partial charge on any atom is -0.448 e. The smallest absolute Gasteiger partial charge is 0.258 e. The summed E-state index contributed by atoms with van der Waals surface area (Å²) in [6.45, 7) is -0.00852. The molecular weight excluding hydrogens is 712 g/mol. The quantitative estimate of drug-likeness (QED) is 0.168. The number of nitrogens with zero attached hydrogens (tertiary/aromatic N) is 3. The van der Waals surface area contributed by atoms with Gasteiger partial charge in [0, 0.05) is 55.9 Å². The molecule has 0 unspecified atom stereocenters. The predicted molar refractivity (Wildman–Crippen MR) is 242 cm³/mol. The van der Waals surface area contributed by atoms with E-state index < -0.39 is 0 Å². The van der Waals surface area contributed by atoms with Gasteiger partial charge in [0.25, 0.3) is 13.4 Å². The van der Waals surface area contributed by atoms with Crippen LogP contribution in [0.3, 0.4) is 0 Å². The Kier molecular flexibility index (Phi) is 6.46. The van der Waals surface area contributed by atoms with E-state index >= 15 is 0 Å². The molecule has 0 saturated carbocycles. The van der Waals surface area contributed by atoms with E-state index in [1.54, 1.807) is 11.3 Å². The molecule has 13 rings (SSSR count). The molecule has 57 heavy (non-hydrogen) atoms. The van der Waals surface area contributed by atoms with Gasteiger partial charge in [-0.2, -0.15) is 0 Å². The van der Waals surface area contributed by atoms with Crippen LogP contribution >= 0.6 is 11.3 Å². The molecule has 9 aromatic rings. The van der Waals surface area contributed by atoms with Gasteiger partial charge in [-0.3, -0.25) is 0 Å². The molecule has 0 atom stereocenters. The van der Waals surface area contributed by atoms with Crippen LogP contribution in [0.25, 0.3) is 10.1 Å². The van der Waals surface area contributed by atoms with E-state index in [0.29, 0.717) is 0 Å². The summed E-state index contributed by atoms with van der Waals surface area (Å²) in [6, 6.07) is 68.9. The normalized spacial score (nSPS) is 13.9. The van der Waals surface area contributed by atoms with E-state index in [9.17, 15) is 0 Å². The lowest BCUT2D eigenvalue weighted by molar-refractivity contribution is 0.501. The third-order valence-electron chi connectivity index (χ3n) is 12.3. The molecule has 8 aromatic carbocycles. The van der Waals surface area contributed by atoms with E-state index in [2.05, 4.69) is 203 Å². The number of hydrogen-bond donors (Lipinski definition) is 0. The predicted octanol–water partition coefficient (Wildman–Crippen LogP) is 9.39. The van der Waals surface area contributed by atoms with E-state index in [1.165, 1.54) is 71.3 Å². The number of fused-ring (bicyclic) bond motifs is 10. The van der Waals surface area contributed by atoms with Crippen molar-refractivity contribution < 1.29 is 4.74 Å². The zero-order valence-electron chi connectivity index (χ0n) is 30.7. The van der Waals surface area contributed by atoms with Crippen LogP contribution in [0.2, 0.25) is 0 Å². The zero-order chi connectivity index (χ0) is 37.2. The molecule has 0 spiro atoms. The second kappa shape index (κ2) is 11.8. The minimum atomic E-state index is -0.0159. The first kappa shape index (κ1) is 31.3. The third kappa shape index (κ3) is 4.29. The Hall–Kier alpha value is -6.95. The summed E-state index contributed by atoms with van der Waals surface area (Å²) in [5.41, 5.74) is 18.3. The van der Waals surface area contributed by atoms with Crippen molar-refractivity contribution in [3.8, 4) is 10.8 Å². The minimum absolute atomic E-state index is 0.00738. The summed E-state index contributed by atoms with van der Waals surface area (Å²) >= 11 is 1.76. The molecule has 0 fully saturated rings. The highest BCUT2D eigenvalue weighted by atomic mass is 32.1. The average Bonchev–Trinajstić information content (AvgIpc) is 3.65. The average molecular weight is 744 g/mol. The maximum atomic E-state index is 6.89. The monoisotopic (exact) mass is 743 g/mol. The first-order valence-corrected chi connectivity index (χ1v) is 20.4. The van der Waals surface area contributed by atoms with Crippen LogP contribution in [-0.4, -0.2) is 13.4 Å². The molecule has 5 heterocycles. The molecule has 4 nitrogen and oxygen atoms in total. The van der Waals surface area contributed by atoms with Gasteiger partial charge in [0.15, 0.2) is 5.06 Å². The number of thiophene rings is 1. The van der Waals surface area contributed by atoms with Gasteiger partial charge in [-0.05, 0) is 117 Å². The van der Waals surface area contributed by atoms with Gasteiger partial charge >= 0.3 is 0 Å². The van der Waals surface area contributed by atoms with Crippen LogP contribution in [-0.2, 0) is 0 Å². The number of rotatable bonds is 3. The number of anilines is 9. The van der Waals surface area contributed by atoms with Crippen molar-refractivity contribution in [2.24, 2.45) is 0 Å². The highest BCUT2D eigenvalue weighted by Gasteiger charge is 2.48. The molecule has 0 N–H and O–H groups in total. The Balaban J connectivity index is 1.16. The number of hydrogen-bond acceptors (Lipinski definition) is 5. The fourth-order valence-electron chi connectivity index (χ4n) is 10.1. The van der Waals surface area contributed by atoms with Crippen molar-refractivity contribution >= 4 is 119 Å². The first-order chi connectivity index (χ1) is 28.3. The molecule has 0 aliphatic carbocycles. The highest BCUT2D eigenvalue weighted by molar-refractivity contribution is 7.24. The molecule has 0 bridgehead atoms. The maximum Gasteiger partial charge on any atom is 0.258 e. The second-order valence-electron chi connectivity index (χ2n) is 15.2. The zero-order valence-corrected chi connectivity index (χ0v) is 31.5. The van der Waals surface area contributed by atoms with E-state index in [1.807, 2.05) is 0 Å². The van der Waals surface area contributed by atoms with Crippen LogP contribution < -0.4 is 52.2 Å². The van der Waals surface area contributed by atoms with Crippen LogP contribution in [0.4, 0.5) is 51.2 Å². The summed E-state index contributed by atoms with van der Waals surface area (Å²) < 4.78 is 8.14. The first-order valence-electron chi connectivity index (χ1n) is 19.6. The molecule has 264 valence electrons. The Labute approximate surface area is 335 Å². The molecule has 1 aromatic heterocycles. The lowest BCUT2D eigenvalue weighted by Gasteiger charge is -2.46. The van der Waals surface area contributed by atoms with Gasteiger partial charge in [-0.25, -0.2) is 0 Å². The summed E-state index contributed by atoms with van der Waals surface area (Å²) in [5.74, 6) is 0.931. The van der Waals surface area contributed by atoms with Gasteiger partial charge in [0.2, 0.25) is 0 Å². The SMILES string of the molecule is c1ccc(N2c3cc4c(cc3B3c5c(cccc52)Oc2sc5ccccc5c23)B2c3ccccc3N(c3ccccc3)c3cccc(c32)N4c2ccccc2)cc1. The molecule has 0 radical (unpaired) electrons. The Morgan fingerprint density at radius 2 is 0.877 bits per heavy atom. The van der Waals surface area contributed by atoms with Crippen molar-refractivity contribution in [1.82, 2.24) is 0 Å². The van der Waals surface area contributed by atoms with Crippen molar-refractivity contribution in [2.75, 3.05) is 14.7 Å². The summed E-state index contributed by atoms with van der Waals surface area (Å²) in [6.07, 6.45) is 0. The van der Waals surface area contributed by atoms with Crippen LogP contribution in [0.5, 0.6) is 10.8 Å². The van der Waals surface area contributed by atoms with Crippen molar-refractivity contribution in [1.29, 1.82) is 0 Å². The van der Waals surface area contributed by atoms with Crippen LogP contribution in [0.15, 0.2) is 188 Å². The Morgan fingerprint density at radius 3 is 1.54 bits per heavy atom. The molecule has 7 heteroatoms. The van der Waals surface area contributed by atoms with Crippen LogP contribution in [0.1, 0.15) is 0 Å². The van der Waals surface area contributed by atoms with E-state index in [0.717, 1.165) is 33.6 Å². The van der Waals surface area contributed by atoms with Crippen molar-refractivity contribution in [3.05, 3.63) is 188 Å². The Morgan fingerprint density at radius 1 is 0.368 bits per heavy atom. The largest absolute Gasteiger partial charge is 0.448 e. The van der Waals surface area contributed by atoms with Gasteiger partial charge < -0.3 is 19.4 Å². The fraction of sp³-hybridized carbons (Fsp3) is 0. The number of benzene rings is 8. The number of ether oxygens (including phenoxy) is 1. The maximum absolute atomic E-state index is 6.89. The van der Waals surface area contributed by atoms with Gasteiger partial charge in [0.05, 0.1) is 0 Å². The van der Waals surface area contributed by atoms with Crippen molar-refractivity contribution in [3.63, 3.8) is 0 Å². The highest BCUT2D eigenvalue weighted by Crippen LogP contribution is 2.48. The summed E-state index contributed by atoms with van der Waals surface area (Å²) in [4.78, 5) is 7.43. The standard InChI is InChI=1S/C50H31B2N3OS/c1-4-16-32(17-5-1)53-39-24-12-11-23-36(39)51-37-30-38-44(31-43(37)54(33-18-6-2-7-19-33)41-26-14-25-40(53)48(41)51)55(34-20-8-3-9-21-34)42-27-15-28-45-49(42)52(38)47-35-22-10-13-29-46(35)57-50(47)56-45/h1-31H. The molecule has 4 aliphatic rings. The fourth-order valence-corrected chi connectivity index (χ4v) is 11.2. The summed E-state index contributed by atoms with van der Waals surface area (Å²) in [7, 11) is 0. The van der Waals surface area contributed by atoms with Gasteiger partial charge in [-0.15, -0.1) is 0 Å². The Bertz CT molecular complexity index is 3100. The second-order valence-corrected chi connectivity index (χ2v) is 16.2.